The second-order valence-corrected chi connectivity index (χ2v) is 5.15. The second kappa shape index (κ2) is 6.81. The van der Waals surface area contributed by atoms with Gasteiger partial charge in [-0.3, -0.25) is 0 Å². The van der Waals surface area contributed by atoms with Crippen molar-refractivity contribution in [3.05, 3.63) is 63.6 Å². The first-order valence-corrected chi connectivity index (χ1v) is 6.95. The molecule has 0 atom stereocenters. The van der Waals surface area contributed by atoms with Gasteiger partial charge < -0.3 is 10.5 Å². The van der Waals surface area contributed by atoms with Gasteiger partial charge in [-0.1, -0.05) is 34.1 Å². The molecule has 5 heteroatoms. The zero-order valence-electron chi connectivity index (χ0n) is 10.7. The first-order chi connectivity index (χ1) is 9.61. The van der Waals surface area contributed by atoms with Crippen molar-refractivity contribution >= 4 is 15.9 Å². The van der Waals surface area contributed by atoms with E-state index in [2.05, 4.69) is 15.9 Å². The molecule has 2 N–H and O–H groups in total. The maximum atomic E-state index is 13.8. The molecular weight excluding hydrogens is 328 g/mol. The van der Waals surface area contributed by atoms with Crippen LogP contribution in [-0.2, 0) is 13.0 Å². The van der Waals surface area contributed by atoms with Crippen LogP contribution in [0, 0.1) is 11.6 Å². The molecule has 0 heterocycles. The Morgan fingerprint density at radius 3 is 2.60 bits per heavy atom. The van der Waals surface area contributed by atoms with Crippen LogP contribution in [0.5, 0.6) is 5.75 Å². The van der Waals surface area contributed by atoms with Crippen LogP contribution in [0.15, 0.2) is 40.9 Å². The summed E-state index contributed by atoms with van der Waals surface area (Å²) in [4.78, 5) is 0. The van der Waals surface area contributed by atoms with Crippen LogP contribution in [-0.4, -0.2) is 6.54 Å². The number of nitrogens with two attached hydrogens (primary N) is 1. The smallest absolute Gasteiger partial charge is 0.165 e. The van der Waals surface area contributed by atoms with E-state index in [-0.39, 0.29) is 18.2 Å². The normalized spacial score (nSPS) is 10.6. The molecule has 2 rings (SSSR count). The molecule has 0 amide bonds. The van der Waals surface area contributed by atoms with E-state index >= 15 is 0 Å². The molecule has 20 heavy (non-hydrogen) atoms. The summed E-state index contributed by atoms with van der Waals surface area (Å²) in [6, 6.07) is 9.04. The zero-order valence-corrected chi connectivity index (χ0v) is 12.3. The Morgan fingerprint density at radius 2 is 1.90 bits per heavy atom. The van der Waals surface area contributed by atoms with Crippen LogP contribution < -0.4 is 10.5 Å². The van der Waals surface area contributed by atoms with E-state index in [1.165, 1.54) is 18.2 Å². The molecule has 0 unspecified atom stereocenters. The maximum Gasteiger partial charge on any atom is 0.165 e. The number of hydrogen-bond acceptors (Lipinski definition) is 2. The summed E-state index contributed by atoms with van der Waals surface area (Å²) >= 11 is 3.25. The van der Waals surface area contributed by atoms with Crippen LogP contribution >= 0.6 is 15.9 Å². The molecule has 106 valence electrons. The maximum absolute atomic E-state index is 13.8. The van der Waals surface area contributed by atoms with E-state index in [0.717, 1.165) is 11.1 Å². The van der Waals surface area contributed by atoms with Crippen molar-refractivity contribution in [2.45, 2.75) is 13.0 Å². The minimum atomic E-state index is -0.422. The Kier molecular flexibility index (Phi) is 5.09. The summed E-state index contributed by atoms with van der Waals surface area (Å²) in [5, 5.41) is 0. The van der Waals surface area contributed by atoms with Crippen LogP contribution in [0.1, 0.15) is 11.1 Å². The highest BCUT2D eigenvalue weighted by atomic mass is 79.9. The quantitative estimate of drug-likeness (QED) is 0.897. The Hall–Kier alpha value is -1.46. The van der Waals surface area contributed by atoms with Crippen LogP contribution in [0.3, 0.4) is 0 Å². The van der Waals surface area contributed by atoms with Gasteiger partial charge in [-0.25, -0.2) is 8.78 Å². The number of ether oxygens (including phenoxy) is 1. The number of para-hydroxylation sites is 1. The zero-order chi connectivity index (χ0) is 14.5. The minimum Gasteiger partial charge on any atom is -0.486 e. The number of benzene rings is 2. The molecule has 2 aromatic carbocycles. The van der Waals surface area contributed by atoms with Gasteiger partial charge in [0.1, 0.15) is 12.4 Å². The summed E-state index contributed by atoms with van der Waals surface area (Å²) in [6.45, 7) is 0.569. The molecule has 2 nitrogen and oxygen atoms in total. The minimum absolute atomic E-state index is 0.152. The second-order valence-electron chi connectivity index (χ2n) is 4.29. The van der Waals surface area contributed by atoms with Gasteiger partial charge in [-0.15, -0.1) is 0 Å². The molecular formula is C15H14BrF2NO. The molecule has 0 aliphatic rings. The Morgan fingerprint density at radius 1 is 1.10 bits per heavy atom. The van der Waals surface area contributed by atoms with Gasteiger partial charge in [0.05, 0.1) is 0 Å². The molecule has 0 spiro atoms. The highest BCUT2D eigenvalue weighted by molar-refractivity contribution is 9.10. The lowest BCUT2D eigenvalue weighted by molar-refractivity contribution is 0.286. The van der Waals surface area contributed by atoms with Gasteiger partial charge in [0, 0.05) is 10.0 Å². The first kappa shape index (κ1) is 14.9. The van der Waals surface area contributed by atoms with Crippen molar-refractivity contribution in [2.24, 2.45) is 5.73 Å². The van der Waals surface area contributed by atoms with E-state index in [4.69, 9.17) is 10.5 Å². The summed E-state index contributed by atoms with van der Waals surface area (Å²) in [6.07, 6.45) is 0.539. The standard InChI is InChI=1S/C15H14BrF2NO/c16-13-8-12(17)5-4-11(13)9-20-15-10(6-7-19)2-1-3-14(15)18/h1-5,8H,6-7,9,19H2. The fourth-order valence-electron chi connectivity index (χ4n) is 1.86. The lowest BCUT2D eigenvalue weighted by atomic mass is 10.1. The van der Waals surface area contributed by atoms with Crippen molar-refractivity contribution < 1.29 is 13.5 Å². The number of halogens is 3. The van der Waals surface area contributed by atoms with Crippen molar-refractivity contribution in [2.75, 3.05) is 6.54 Å². The summed E-state index contributed by atoms with van der Waals surface area (Å²) in [7, 11) is 0. The number of hydrogen-bond donors (Lipinski definition) is 1. The molecule has 0 fully saturated rings. The average molecular weight is 342 g/mol. The summed E-state index contributed by atoms with van der Waals surface area (Å²) in [5.74, 6) is -0.557. The van der Waals surface area contributed by atoms with Gasteiger partial charge in [-0.05, 0) is 36.7 Å². The molecule has 0 saturated carbocycles. The molecule has 0 saturated heterocycles. The van der Waals surface area contributed by atoms with E-state index < -0.39 is 5.82 Å². The van der Waals surface area contributed by atoms with E-state index in [0.29, 0.717) is 17.4 Å². The SMILES string of the molecule is NCCc1cccc(F)c1OCc1ccc(F)cc1Br. The Bertz CT molecular complexity index is 604. The van der Waals surface area contributed by atoms with Crippen molar-refractivity contribution in [1.29, 1.82) is 0 Å². The van der Waals surface area contributed by atoms with Crippen LogP contribution in [0.25, 0.3) is 0 Å². The largest absolute Gasteiger partial charge is 0.486 e. The highest BCUT2D eigenvalue weighted by Gasteiger charge is 2.10. The van der Waals surface area contributed by atoms with Crippen molar-refractivity contribution in [1.82, 2.24) is 0 Å². The third kappa shape index (κ3) is 3.55. The third-order valence-corrected chi connectivity index (χ3v) is 3.59. The van der Waals surface area contributed by atoms with Gasteiger partial charge in [0.25, 0.3) is 0 Å². The van der Waals surface area contributed by atoms with Gasteiger partial charge in [0.15, 0.2) is 11.6 Å². The van der Waals surface area contributed by atoms with E-state index in [9.17, 15) is 8.78 Å². The van der Waals surface area contributed by atoms with E-state index in [1.54, 1.807) is 18.2 Å². The topological polar surface area (TPSA) is 35.2 Å². The third-order valence-electron chi connectivity index (χ3n) is 2.85. The lowest BCUT2D eigenvalue weighted by Gasteiger charge is -2.13. The Labute approximate surface area is 124 Å². The van der Waals surface area contributed by atoms with Gasteiger partial charge >= 0.3 is 0 Å². The fourth-order valence-corrected chi connectivity index (χ4v) is 2.32. The molecule has 0 aliphatic heterocycles. The monoisotopic (exact) mass is 341 g/mol. The fraction of sp³-hybridized carbons (Fsp3) is 0.200. The first-order valence-electron chi connectivity index (χ1n) is 6.16. The van der Waals surface area contributed by atoms with Gasteiger partial charge in [0.2, 0.25) is 0 Å². The predicted molar refractivity (Wildman–Crippen MR) is 77.6 cm³/mol. The van der Waals surface area contributed by atoms with Gasteiger partial charge in [-0.2, -0.15) is 0 Å². The molecule has 0 aliphatic carbocycles. The molecule has 0 bridgehead atoms. The summed E-state index contributed by atoms with van der Waals surface area (Å²) in [5.41, 5.74) is 6.97. The average Bonchev–Trinajstić information content (AvgIpc) is 2.40. The summed E-state index contributed by atoms with van der Waals surface area (Å²) < 4.78 is 32.9. The van der Waals surface area contributed by atoms with E-state index in [1.807, 2.05) is 0 Å². The van der Waals surface area contributed by atoms with Crippen molar-refractivity contribution in [3.63, 3.8) is 0 Å². The van der Waals surface area contributed by atoms with Crippen LogP contribution in [0.4, 0.5) is 8.78 Å². The van der Waals surface area contributed by atoms with Crippen molar-refractivity contribution in [3.8, 4) is 5.75 Å². The molecule has 0 aromatic heterocycles. The predicted octanol–water partition coefficient (Wildman–Crippen LogP) is 3.81. The molecule has 2 aromatic rings. The Balaban J connectivity index is 2.18. The lowest BCUT2D eigenvalue weighted by Crippen LogP contribution is -2.07. The number of rotatable bonds is 5. The van der Waals surface area contributed by atoms with Crippen LogP contribution in [0.2, 0.25) is 0 Å². The molecule has 0 radical (unpaired) electrons. The highest BCUT2D eigenvalue weighted by Crippen LogP contribution is 2.26.